The zero-order valence-electron chi connectivity index (χ0n) is 9.62. The lowest BCUT2D eigenvalue weighted by Crippen LogP contribution is -1.83. The van der Waals surface area contributed by atoms with E-state index in [1.807, 2.05) is 24.3 Å². The van der Waals surface area contributed by atoms with Crippen LogP contribution in [-0.4, -0.2) is 20.2 Å². The number of pyridine rings is 1. The Kier molecular flexibility index (Phi) is 3.00. The first-order valence-electron chi connectivity index (χ1n) is 5.47. The summed E-state index contributed by atoms with van der Waals surface area (Å²) in [5, 5.41) is 13.6. The Labute approximate surface area is 117 Å². The van der Waals surface area contributed by atoms with Gasteiger partial charge in [-0.2, -0.15) is 4.98 Å². The number of aromatic nitrogens is 3. The third-order valence-electron chi connectivity index (χ3n) is 2.57. The zero-order valence-corrected chi connectivity index (χ0v) is 11.2. The Hall–Kier alpha value is -2.21. The molecule has 6 heteroatoms. The Morgan fingerprint density at radius 1 is 1.11 bits per heavy atom. The molecule has 0 aliphatic heterocycles. The maximum atomic E-state index is 9.70. The van der Waals surface area contributed by atoms with Gasteiger partial charge in [-0.25, -0.2) is 0 Å². The van der Waals surface area contributed by atoms with E-state index in [0.717, 1.165) is 10.0 Å². The summed E-state index contributed by atoms with van der Waals surface area (Å²) in [5.41, 5.74) is 1.28. The highest BCUT2D eigenvalue weighted by molar-refractivity contribution is 9.10. The van der Waals surface area contributed by atoms with Gasteiger partial charge in [0.1, 0.15) is 5.75 Å². The molecule has 1 aromatic carbocycles. The molecule has 0 saturated carbocycles. The van der Waals surface area contributed by atoms with Crippen LogP contribution in [0.3, 0.4) is 0 Å². The normalized spacial score (nSPS) is 10.6. The zero-order chi connectivity index (χ0) is 13.2. The third kappa shape index (κ3) is 2.22. The topological polar surface area (TPSA) is 72.0 Å². The Morgan fingerprint density at radius 2 is 1.95 bits per heavy atom. The molecule has 19 heavy (non-hydrogen) atoms. The number of aromatic hydroxyl groups is 1. The van der Waals surface area contributed by atoms with Crippen molar-refractivity contribution in [2.24, 2.45) is 0 Å². The summed E-state index contributed by atoms with van der Waals surface area (Å²) in [4.78, 5) is 8.08. The number of halogens is 1. The maximum absolute atomic E-state index is 9.70. The van der Waals surface area contributed by atoms with Crippen molar-refractivity contribution < 1.29 is 9.63 Å². The minimum absolute atomic E-state index is 0.00447. The first-order valence-corrected chi connectivity index (χ1v) is 6.27. The van der Waals surface area contributed by atoms with Gasteiger partial charge < -0.3 is 9.63 Å². The van der Waals surface area contributed by atoms with Gasteiger partial charge in [0.15, 0.2) is 0 Å². The van der Waals surface area contributed by atoms with Gasteiger partial charge in [0.2, 0.25) is 5.82 Å². The third-order valence-corrected chi connectivity index (χ3v) is 3.26. The predicted molar refractivity (Wildman–Crippen MR) is 72.3 cm³/mol. The number of benzene rings is 1. The van der Waals surface area contributed by atoms with Crippen LogP contribution in [0.15, 0.2) is 51.7 Å². The van der Waals surface area contributed by atoms with Crippen molar-refractivity contribution >= 4 is 15.9 Å². The van der Waals surface area contributed by atoms with Crippen LogP contribution >= 0.6 is 15.9 Å². The second-order valence-corrected chi connectivity index (χ2v) is 4.65. The van der Waals surface area contributed by atoms with Gasteiger partial charge in [-0.15, -0.1) is 0 Å². The van der Waals surface area contributed by atoms with E-state index in [-0.39, 0.29) is 11.6 Å². The summed E-state index contributed by atoms with van der Waals surface area (Å²) < 4.78 is 6.05. The Morgan fingerprint density at radius 3 is 2.74 bits per heavy atom. The first-order chi connectivity index (χ1) is 9.25. The molecule has 0 spiro atoms. The summed E-state index contributed by atoms with van der Waals surface area (Å²) in [7, 11) is 0. The van der Waals surface area contributed by atoms with Gasteiger partial charge in [-0.1, -0.05) is 33.2 Å². The quantitative estimate of drug-likeness (QED) is 0.785. The summed E-state index contributed by atoms with van der Waals surface area (Å²) in [5.74, 6) is 0.717. The van der Waals surface area contributed by atoms with Crippen LogP contribution < -0.4 is 0 Å². The molecule has 5 nitrogen and oxygen atoms in total. The molecule has 0 aliphatic carbocycles. The fourth-order valence-electron chi connectivity index (χ4n) is 1.65. The fraction of sp³-hybridized carbons (Fsp3) is 0. The molecular formula is C13H8BrN3O2. The second-order valence-electron chi connectivity index (χ2n) is 3.80. The maximum Gasteiger partial charge on any atom is 0.262 e. The number of rotatable bonds is 2. The molecule has 0 radical (unpaired) electrons. The van der Waals surface area contributed by atoms with E-state index in [4.69, 9.17) is 4.52 Å². The van der Waals surface area contributed by atoms with Crippen molar-refractivity contribution in [3.05, 3.63) is 47.2 Å². The van der Waals surface area contributed by atoms with Crippen molar-refractivity contribution in [1.82, 2.24) is 15.1 Å². The molecule has 2 heterocycles. The first kappa shape index (κ1) is 11.9. The Balaban J connectivity index is 2.06. The number of hydrogen-bond donors (Lipinski definition) is 1. The standard InChI is InChI=1S/C13H8BrN3O2/c14-10-4-2-1-3-8(10)12-16-13(19-17-12)9-5-6-15-7-11(9)18/h1-7,18H. The molecular weight excluding hydrogens is 310 g/mol. The second kappa shape index (κ2) is 4.81. The van der Waals surface area contributed by atoms with E-state index in [9.17, 15) is 5.11 Å². The van der Waals surface area contributed by atoms with Crippen LogP contribution in [-0.2, 0) is 0 Å². The molecule has 0 amide bonds. The summed E-state index contributed by atoms with van der Waals surface area (Å²) in [6.07, 6.45) is 2.88. The average molecular weight is 318 g/mol. The summed E-state index contributed by atoms with van der Waals surface area (Å²) in [6, 6.07) is 9.19. The van der Waals surface area contributed by atoms with E-state index in [0.29, 0.717) is 11.4 Å². The number of nitrogens with zero attached hydrogens (tertiary/aromatic N) is 3. The highest BCUT2D eigenvalue weighted by Gasteiger charge is 2.14. The van der Waals surface area contributed by atoms with Gasteiger partial charge in [0.25, 0.3) is 5.89 Å². The molecule has 3 aromatic rings. The molecule has 0 bridgehead atoms. The van der Waals surface area contributed by atoms with Crippen LogP contribution in [0.5, 0.6) is 5.75 Å². The average Bonchev–Trinajstić information content (AvgIpc) is 2.89. The van der Waals surface area contributed by atoms with Gasteiger partial charge in [-0.3, -0.25) is 4.98 Å². The summed E-state index contributed by atoms with van der Waals surface area (Å²) >= 11 is 3.43. The van der Waals surface area contributed by atoms with Crippen LogP contribution in [0.25, 0.3) is 22.8 Å². The SMILES string of the molecule is Oc1cnccc1-c1nc(-c2ccccc2Br)no1. The lowest BCUT2D eigenvalue weighted by Gasteiger charge is -1.97. The van der Waals surface area contributed by atoms with E-state index >= 15 is 0 Å². The predicted octanol–water partition coefficient (Wildman–Crippen LogP) is 3.27. The highest BCUT2D eigenvalue weighted by atomic mass is 79.9. The molecule has 0 unspecified atom stereocenters. The molecule has 0 fully saturated rings. The van der Waals surface area contributed by atoms with E-state index < -0.39 is 0 Å². The minimum Gasteiger partial charge on any atom is -0.505 e. The van der Waals surface area contributed by atoms with Gasteiger partial charge in [0, 0.05) is 16.2 Å². The summed E-state index contributed by atoms with van der Waals surface area (Å²) in [6.45, 7) is 0. The smallest absolute Gasteiger partial charge is 0.262 e. The minimum atomic E-state index is 0.00447. The van der Waals surface area contributed by atoms with Gasteiger partial charge in [-0.05, 0) is 18.2 Å². The largest absolute Gasteiger partial charge is 0.505 e. The Bertz CT molecular complexity index is 667. The molecule has 0 atom stereocenters. The van der Waals surface area contributed by atoms with Crippen LogP contribution in [0.2, 0.25) is 0 Å². The molecule has 0 saturated heterocycles. The monoisotopic (exact) mass is 317 g/mol. The van der Waals surface area contributed by atoms with Crippen molar-refractivity contribution in [1.29, 1.82) is 0 Å². The van der Waals surface area contributed by atoms with E-state index in [2.05, 4.69) is 31.1 Å². The molecule has 2 aromatic heterocycles. The molecule has 0 aliphatic rings. The van der Waals surface area contributed by atoms with E-state index in [1.165, 1.54) is 6.20 Å². The lowest BCUT2D eigenvalue weighted by atomic mass is 10.2. The van der Waals surface area contributed by atoms with Crippen LogP contribution in [0.1, 0.15) is 0 Å². The van der Waals surface area contributed by atoms with Crippen molar-refractivity contribution in [3.63, 3.8) is 0 Å². The van der Waals surface area contributed by atoms with Crippen molar-refractivity contribution in [2.45, 2.75) is 0 Å². The molecule has 1 N–H and O–H groups in total. The lowest BCUT2D eigenvalue weighted by molar-refractivity contribution is 0.425. The van der Waals surface area contributed by atoms with Crippen molar-refractivity contribution in [2.75, 3.05) is 0 Å². The number of hydrogen-bond acceptors (Lipinski definition) is 5. The fourth-order valence-corrected chi connectivity index (χ4v) is 2.11. The van der Waals surface area contributed by atoms with E-state index in [1.54, 1.807) is 12.3 Å². The van der Waals surface area contributed by atoms with Crippen molar-refractivity contribution in [3.8, 4) is 28.6 Å². The van der Waals surface area contributed by atoms with Gasteiger partial charge in [0.05, 0.1) is 11.8 Å². The van der Waals surface area contributed by atoms with Crippen LogP contribution in [0.4, 0.5) is 0 Å². The highest BCUT2D eigenvalue weighted by Crippen LogP contribution is 2.30. The molecule has 94 valence electrons. The van der Waals surface area contributed by atoms with Gasteiger partial charge >= 0.3 is 0 Å². The molecule has 3 rings (SSSR count). The van der Waals surface area contributed by atoms with Crippen LogP contribution in [0, 0.1) is 0 Å².